The zero-order valence-corrected chi connectivity index (χ0v) is 11.0. The van der Waals surface area contributed by atoms with Gasteiger partial charge in [-0.25, -0.2) is 0 Å². The summed E-state index contributed by atoms with van der Waals surface area (Å²) in [5.74, 6) is 0.798. The van der Waals surface area contributed by atoms with Gasteiger partial charge in [0.05, 0.1) is 6.04 Å². The number of hydrogen-bond acceptors (Lipinski definition) is 3. The van der Waals surface area contributed by atoms with Crippen LogP contribution in [0, 0.1) is 5.92 Å². The normalized spacial score (nSPS) is 38.7. The van der Waals surface area contributed by atoms with Crippen LogP contribution in [0.25, 0.3) is 0 Å². The molecule has 98 valence electrons. The van der Waals surface area contributed by atoms with Crippen LogP contribution in [-0.2, 0) is 4.79 Å². The zero-order valence-electron chi connectivity index (χ0n) is 11.0. The highest BCUT2D eigenvalue weighted by atomic mass is 16.2. The summed E-state index contributed by atoms with van der Waals surface area (Å²) >= 11 is 0. The predicted octanol–water partition coefficient (Wildman–Crippen LogP) is 0.631. The number of carbonyl (C=O) groups excluding carboxylic acids is 1. The Morgan fingerprint density at radius 1 is 1.12 bits per heavy atom. The highest BCUT2D eigenvalue weighted by molar-refractivity contribution is 5.82. The van der Waals surface area contributed by atoms with E-state index in [2.05, 4.69) is 29.8 Å². The average Bonchev–Trinajstić information content (AvgIpc) is 2.33. The van der Waals surface area contributed by atoms with Gasteiger partial charge in [0.15, 0.2) is 0 Å². The Balaban J connectivity index is 1.79. The van der Waals surface area contributed by atoms with Crippen LogP contribution in [0.4, 0.5) is 0 Å². The first-order chi connectivity index (χ1) is 8.16. The van der Waals surface area contributed by atoms with Gasteiger partial charge in [-0.1, -0.05) is 19.8 Å². The summed E-state index contributed by atoms with van der Waals surface area (Å²) in [7, 11) is 0. The van der Waals surface area contributed by atoms with Gasteiger partial charge in [-0.2, -0.15) is 0 Å². The van der Waals surface area contributed by atoms with Crippen molar-refractivity contribution in [3.05, 3.63) is 0 Å². The molecule has 1 saturated heterocycles. The molecule has 17 heavy (non-hydrogen) atoms. The Morgan fingerprint density at radius 3 is 2.53 bits per heavy atom. The molecule has 0 radical (unpaired) electrons. The molecule has 2 fully saturated rings. The van der Waals surface area contributed by atoms with Crippen LogP contribution in [0.3, 0.4) is 0 Å². The van der Waals surface area contributed by atoms with Crippen molar-refractivity contribution in [3.63, 3.8) is 0 Å². The Hall–Kier alpha value is -0.610. The maximum atomic E-state index is 12.1. The second-order valence-corrected chi connectivity index (χ2v) is 5.65. The van der Waals surface area contributed by atoms with Crippen molar-refractivity contribution in [3.8, 4) is 0 Å². The van der Waals surface area contributed by atoms with Crippen molar-refractivity contribution in [2.45, 2.75) is 57.7 Å². The van der Waals surface area contributed by atoms with E-state index in [1.807, 2.05) is 0 Å². The SMILES string of the molecule is CC1CNC(C(=O)NC2CCCCC2C)CN1. The lowest BCUT2D eigenvalue weighted by Crippen LogP contribution is -2.60. The molecule has 1 aliphatic heterocycles. The molecule has 4 heteroatoms. The summed E-state index contributed by atoms with van der Waals surface area (Å²) < 4.78 is 0. The van der Waals surface area contributed by atoms with Crippen molar-refractivity contribution < 1.29 is 4.79 Å². The van der Waals surface area contributed by atoms with E-state index in [0.29, 0.717) is 18.0 Å². The summed E-state index contributed by atoms with van der Waals surface area (Å²) in [6.07, 6.45) is 4.96. The zero-order chi connectivity index (χ0) is 12.3. The maximum Gasteiger partial charge on any atom is 0.238 e. The molecule has 4 unspecified atom stereocenters. The quantitative estimate of drug-likeness (QED) is 0.662. The van der Waals surface area contributed by atoms with Crippen molar-refractivity contribution in [1.82, 2.24) is 16.0 Å². The van der Waals surface area contributed by atoms with Crippen LogP contribution >= 0.6 is 0 Å². The van der Waals surface area contributed by atoms with E-state index in [-0.39, 0.29) is 11.9 Å². The van der Waals surface area contributed by atoms with E-state index in [4.69, 9.17) is 0 Å². The number of amides is 1. The fourth-order valence-electron chi connectivity index (χ4n) is 2.78. The molecule has 2 rings (SSSR count). The third kappa shape index (κ3) is 3.42. The van der Waals surface area contributed by atoms with Gasteiger partial charge in [-0.3, -0.25) is 4.79 Å². The minimum atomic E-state index is -0.0553. The Kier molecular flexibility index (Phi) is 4.40. The standard InChI is InChI=1S/C13H25N3O/c1-9-5-3-4-6-11(9)16-13(17)12-8-14-10(2)7-15-12/h9-12,14-15H,3-8H2,1-2H3,(H,16,17). The van der Waals surface area contributed by atoms with Crippen molar-refractivity contribution in [1.29, 1.82) is 0 Å². The van der Waals surface area contributed by atoms with Crippen LogP contribution in [-0.4, -0.2) is 37.1 Å². The van der Waals surface area contributed by atoms with E-state index in [1.54, 1.807) is 0 Å². The van der Waals surface area contributed by atoms with Crippen LogP contribution < -0.4 is 16.0 Å². The van der Waals surface area contributed by atoms with E-state index >= 15 is 0 Å². The summed E-state index contributed by atoms with van der Waals surface area (Å²) in [6, 6.07) is 0.797. The number of rotatable bonds is 2. The fraction of sp³-hybridized carbons (Fsp3) is 0.923. The van der Waals surface area contributed by atoms with Gasteiger partial charge in [-0.05, 0) is 25.7 Å². The fourth-order valence-corrected chi connectivity index (χ4v) is 2.78. The molecule has 0 aromatic rings. The third-order valence-corrected chi connectivity index (χ3v) is 4.10. The molecule has 2 aliphatic rings. The van der Waals surface area contributed by atoms with Gasteiger partial charge in [0, 0.05) is 25.2 Å². The van der Waals surface area contributed by atoms with Gasteiger partial charge in [-0.15, -0.1) is 0 Å². The maximum absolute atomic E-state index is 12.1. The number of nitrogens with one attached hydrogen (secondary N) is 3. The molecule has 1 heterocycles. The molecule has 4 nitrogen and oxygen atoms in total. The molecular weight excluding hydrogens is 214 g/mol. The Bertz CT molecular complexity index is 261. The highest BCUT2D eigenvalue weighted by Gasteiger charge is 2.28. The lowest BCUT2D eigenvalue weighted by atomic mass is 9.86. The first-order valence-corrected chi connectivity index (χ1v) is 6.94. The van der Waals surface area contributed by atoms with Crippen molar-refractivity contribution >= 4 is 5.91 Å². The van der Waals surface area contributed by atoms with Crippen LogP contribution in [0.15, 0.2) is 0 Å². The lowest BCUT2D eigenvalue weighted by molar-refractivity contribution is -0.124. The first-order valence-electron chi connectivity index (χ1n) is 6.94. The van der Waals surface area contributed by atoms with Crippen LogP contribution in [0.5, 0.6) is 0 Å². The van der Waals surface area contributed by atoms with E-state index in [9.17, 15) is 4.79 Å². The summed E-state index contributed by atoms with van der Waals surface area (Å²) in [5, 5.41) is 9.85. The lowest BCUT2D eigenvalue weighted by Gasteiger charge is -2.33. The Labute approximate surface area is 104 Å². The summed E-state index contributed by atoms with van der Waals surface area (Å²) in [4.78, 5) is 12.1. The van der Waals surface area contributed by atoms with E-state index in [0.717, 1.165) is 19.5 Å². The number of piperazine rings is 1. The minimum Gasteiger partial charge on any atom is -0.352 e. The summed E-state index contributed by atoms with van der Waals surface area (Å²) in [6.45, 7) is 6.00. The molecule has 1 aliphatic carbocycles. The van der Waals surface area contributed by atoms with Gasteiger partial charge in [0.1, 0.15) is 0 Å². The molecule has 1 amide bonds. The monoisotopic (exact) mass is 239 g/mol. The van der Waals surface area contributed by atoms with Crippen molar-refractivity contribution in [2.75, 3.05) is 13.1 Å². The van der Waals surface area contributed by atoms with E-state index in [1.165, 1.54) is 19.3 Å². The van der Waals surface area contributed by atoms with Crippen LogP contribution in [0.1, 0.15) is 39.5 Å². The molecule has 3 N–H and O–H groups in total. The molecule has 1 saturated carbocycles. The van der Waals surface area contributed by atoms with E-state index < -0.39 is 0 Å². The van der Waals surface area contributed by atoms with Gasteiger partial charge in [0.2, 0.25) is 5.91 Å². The minimum absolute atomic E-state index is 0.0553. The average molecular weight is 239 g/mol. The predicted molar refractivity (Wildman–Crippen MR) is 68.8 cm³/mol. The molecule has 0 spiro atoms. The topological polar surface area (TPSA) is 53.2 Å². The number of hydrogen-bond donors (Lipinski definition) is 3. The largest absolute Gasteiger partial charge is 0.352 e. The molecule has 0 bridgehead atoms. The summed E-state index contributed by atoms with van der Waals surface area (Å²) in [5.41, 5.74) is 0. The number of carbonyl (C=O) groups is 1. The molecule has 0 aromatic carbocycles. The van der Waals surface area contributed by atoms with Gasteiger partial charge < -0.3 is 16.0 Å². The molecule has 4 atom stereocenters. The molecule has 0 aromatic heterocycles. The highest BCUT2D eigenvalue weighted by Crippen LogP contribution is 2.23. The smallest absolute Gasteiger partial charge is 0.238 e. The second kappa shape index (κ2) is 5.83. The van der Waals surface area contributed by atoms with Crippen LogP contribution in [0.2, 0.25) is 0 Å². The Morgan fingerprint density at radius 2 is 1.88 bits per heavy atom. The van der Waals surface area contributed by atoms with Gasteiger partial charge >= 0.3 is 0 Å². The third-order valence-electron chi connectivity index (χ3n) is 4.10. The second-order valence-electron chi connectivity index (χ2n) is 5.65. The molecular formula is C13H25N3O. The van der Waals surface area contributed by atoms with Gasteiger partial charge in [0.25, 0.3) is 0 Å². The first kappa shape index (κ1) is 12.8. The van der Waals surface area contributed by atoms with Crippen molar-refractivity contribution in [2.24, 2.45) is 5.92 Å².